The summed E-state index contributed by atoms with van der Waals surface area (Å²) < 4.78 is 5.07. The van der Waals surface area contributed by atoms with Crippen LogP contribution < -0.4 is 11.1 Å². The zero-order valence-electron chi connectivity index (χ0n) is 10.6. The van der Waals surface area contributed by atoms with Crippen LogP contribution in [0.25, 0.3) is 0 Å². The van der Waals surface area contributed by atoms with Gasteiger partial charge < -0.3 is 15.8 Å². The fourth-order valence-electron chi connectivity index (χ4n) is 1.28. The van der Waals surface area contributed by atoms with Gasteiger partial charge in [-0.2, -0.15) is 0 Å². The van der Waals surface area contributed by atoms with E-state index in [4.69, 9.17) is 10.5 Å². The number of nitrogens with one attached hydrogen (secondary N) is 1. The molecule has 0 unspecified atom stereocenters. The van der Waals surface area contributed by atoms with Crippen LogP contribution in [0, 0.1) is 0 Å². The minimum absolute atomic E-state index is 0.165. The third kappa shape index (κ3) is 7.48. The Kier molecular flexibility index (Phi) is 7.69. The van der Waals surface area contributed by atoms with Gasteiger partial charge in [-0.3, -0.25) is 9.59 Å². The molecule has 0 radical (unpaired) electrons. The first-order chi connectivity index (χ1) is 9.22. The van der Waals surface area contributed by atoms with E-state index in [9.17, 15) is 9.59 Å². The molecule has 1 amide bonds. The molecule has 5 nitrogen and oxygen atoms in total. The van der Waals surface area contributed by atoms with E-state index >= 15 is 0 Å². The van der Waals surface area contributed by atoms with Gasteiger partial charge in [-0.1, -0.05) is 42.1 Å². The first-order valence-electron chi connectivity index (χ1n) is 6.02. The normalized spacial score (nSPS) is 9.95. The van der Waals surface area contributed by atoms with Gasteiger partial charge >= 0.3 is 5.97 Å². The maximum atomic E-state index is 11.4. The highest BCUT2D eigenvalue weighted by Gasteiger charge is 2.05. The second-order valence-electron chi connectivity index (χ2n) is 3.75. The molecular weight excluding hydrogens is 264 g/mol. The lowest BCUT2D eigenvalue weighted by Crippen LogP contribution is -2.23. The Morgan fingerprint density at radius 3 is 2.68 bits per heavy atom. The highest BCUT2D eigenvalue weighted by molar-refractivity contribution is 8.13. The first kappa shape index (κ1) is 15.5. The zero-order chi connectivity index (χ0) is 13.9. The first-order valence-corrected chi connectivity index (χ1v) is 7.01. The molecule has 1 rings (SSSR count). The number of ether oxygens (including phenoxy) is 1. The molecule has 0 aliphatic heterocycles. The summed E-state index contributed by atoms with van der Waals surface area (Å²) in [7, 11) is 0. The highest BCUT2D eigenvalue weighted by atomic mass is 32.2. The van der Waals surface area contributed by atoms with Crippen LogP contribution in [0.3, 0.4) is 0 Å². The van der Waals surface area contributed by atoms with Crippen molar-refractivity contribution in [1.82, 2.24) is 5.32 Å². The minimum atomic E-state index is -0.326. The number of rotatable bonds is 7. The summed E-state index contributed by atoms with van der Waals surface area (Å²) in [5.41, 5.74) is 6.22. The van der Waals surface area contributed by atoms with Crippen molar-refractivity contribution in [3.05, 3.63) is 35.9 Å². The standard InChI is InChI=1S/C13H18N2O3S/c14-7-9-19-13(17)15-8-6-12(16)18-10-11-4-2-1-3-5-11/h1-5H,6-10,14H2,(H,15,17). The molecule has 0 saturated carbocycles. The van der Waals surface area contributed by atoms with E-state index in [2.05, 4.69) is 5.32 Å². The number of amides is 1. The van der Waals surface area contributed by atoms with Crippen molar-refractivity contribution in [3.8, 4) is 0 Å². The van der Waals surface area contributed by atoms with Crippen molar-refractivity contribution in [1.29, 1.82) is 0 Å². The van der Waals surface area contributed by atoms with Gasteiger partial charge in [0.1, 0.15) is 6.61 Å². The van der Waals surface area contributed by atoms with Gasteiger partial charge in [0, 0.05) is 18.8 Å². The molecule has 0 saturated heterocycles. The van der Waals surface area contributed by atoms with Crippen LogP contribution in [0.4, 0.5) is 4.79 Å². The van der Waals surface area contributed by atoms with Crippen LogP contribution in [0.2, 0.25) is 0 Å². The molecule has 0 spiro atoms. The predicted octanol–water partition coefficient (Wildman–Crippen LogP) is 1.52. The van der Waals surface area contributed by atoms with Gasteiger partial charge in [-0.05, 0) is 5.56 Å². The van der Waals surface area contributed by atoms with Crippen molar-refractivity contribution >= 4 is 23.0 Å². The summed E-state index contributed by atoms with van der Waals surface area (Å²) in [6, 6.07) is 9.45. The number of hydrogen-bond acceptors (Lipinski definition) is 5. The number of esters is 1. The molecule has 0 bridgehead atoms. The summed E-state index contributed by atoms with van der Waals surface area (Å²) in [5, 5.41) is 2.45. The molecule has 0 aliphatic carbocycles. The smallest absolute Gasteiger partial charge is 0.307 e. The zero-order valence-corrected chi connectivity index (χ0v) is 11.4. The Labute approximate surface area is 116 Å². The molecule has 19 heavy (non-hydrogen) atoms. The van der Waals surface area contributed by atoms with Gasteiger partial charge in [0.05, 0.1) is 6.42 Å². The molecule has 0 aromatic heterocycles. The average Bonchev–Trinajstić information content (AvgIpc) is 2.44. The molecule has 104 valence electrons. The molecule has 0 aliphatic rings. The molecule has 3 N–H and O–H groups in total. The number of carbonyl (C=O) groups is 2. The van der Waals surface area contributed by atoms with Gasteiger partial charge in [-0.25, -0.2) is 0 Å². The number of benzene rings is 1. The Hall–Kier alpha value is -1.53. The summed E-state index contributed by atoms with van der Waals surface area (Å²) in [4.78, 5) is 22.6. The maximum absolute atomic E-state index is 11.4. The molecule has 0 atom stereocenters. The van der Waals surface area contributed by atoms with Crippen LogP contribution in [-0.4, -0.2) is 30.1 Å². The monoisotopic (exact) mass is 282 g/mol. The molecule has 6 heteroatoms. The molecule has 1 aromatic rings. The topological polar surface area (TPSA) is 81.4 Å². The lowest BCUT2D eigenvalue weighted by atomic mass is 10.2. The van der Waals surface area contributed by atoms with Gasteiger partial charge in [0.25, 0.3) is 5.24 Å². The molecule has 0 heterocycles. The number of hydrogen-bond donors (Lipinski definition) is 2. The van der Waals surface area contributed by atoms with E-state index in [1.54, 1.807) is 0 Å². The third-order valence-electron chi connectivity index (χ3n) is 2.19. The Morgan fingerprint density at radius 1 is 1.26 bits per heavy atom. The lowest BCUT2D eigenvalue weighted by molar-refractivity contribution is -0.144. The van der Waals surface area contributed by atoms with Crippen molar-refractivity contribution in [2.24, 2.45) is 5.73 Å². The van der Waals surface area contributed by atoms with Crippen molar-refractivity contribution in [2.75, 3.05) is 18.8 Å². The number of thioether (sulfide) groups is 1. The van der Waals surface area contributed by atoms with E-state index in [-0.39, 0.29) is 30.8 Å². The molecule has 0 fully saturated rings. The van der Waals surface area contributed by atoms with Gasteiger partial charge in [0.15, 0.2) is 0 Å². The molecular formula is C13H18N2O3S. The fraction of sp³-hybridized carbons (Fsp3) is 0.385. The summed E-state index contributed by atoms with van der Waals surface area (Å²) >= 11 is 1.11. The van der Waals surface area contributed by atoms with Crippen LogP contribution in [-0.2, 0) is 16.1 Å². The SMILES string of the molecule is NCCSC(=O)NCCC(=O)OCc1ccccc1. The Bertz CT molecular complexity index is 398. The van der Waals surface area contributed by atoms with Gasteiger partial charge in [0.2, 0.25) is 0 Å². The second-order valence-corrected chi connectivity index (χ2v) is 4.82. The number of nitrogens with two attached hydrogens (primary N) is 1. The molecule has 1 aromatic carbocycles. The van der Waals surface area contributed by atoms with Crippen molar-refractivity contribution in [3.63, 3.8) is 0 Å². The van der Waals surface area contributed by atoms with E-state index in [1.807, 2.05) is 30.3 Å². The van der Waals surface area contributed by atoms with E-state index in [0.29, 0.717) is 12.3 Å². The quantitative estimate of drug-likeness (QED) is 0.741. The largest absolute Gasteiger partial charge is 0.461 e. The third-order valence-corrected chi connectivity index (χ3v) is 3.04. The highest BCUT2D eigenvalue weighted by Crippen LogP contribution is 2.02. The van der Waals surface area contributed by atoms with Crippen LogP contribution >= 0.6 is 11.8 Å². The van der Waals surface area contributed by atoms with Crippen LogP contribution in [0.15, 0.2) is 30.3 Å². The van der Waals surface area contributed by atoms with Crippen LogP contribution in [0.5, 0.6) is 0 Å². The van der Waals surface area contributed by atoms with Crippen LogP contribution in [0.1, 0.15) is 12.0 Å². The summed E-state index contributed by atoms with van der Waals surface area (Å²) in [6.07, 6.45) is 0.168. The summed E-state index contributed by atoms with van der Waals surface area (Å²) in [6.45, 7) is 0.997. The maximum Gasteiger partial charge on any atom is 0.307 e. The van der Waals surface area contributed by atoms with Crippen molar-refractivity contribution < 1.29 is 14.3 Å². The van der Waals surface area contributed by atoms with Crippen molar-refractivity contribution in [2.45, 2.75) is 13.0 Å². The van der Waals surface area contributed by atoms with Gasteiger partial charge in [-0.15, -0.1) is 0 Å². The minimum Gasteiger partial charge on any atom is -0.461 e. The van der Waals surface area contributed by atoms with E-state index < -0.39 is 0 Å². The summed E-state index contributed by atoms with van der Waals surface area (Å²) in [5.74, 6) is 0.248. The fourth-order valence-corrected chi connectivity index (χ4v) is 1.79. The second kappa shape index (κ2) is 9.41. The lowest BCUT2D eigenvalue weighted by Gasteiger charge is -2.06. The average molecular weight is 282 g/mol. The Balaban J connectivity index is 2.10. The van der Waals surface area contributed by atoms with E-state index in [0.717, 1.165) is 17.3 Å². The Morgan fingerprint density at radius 2 is 2.00 bits per heavy atom. The number of carbonyl (C=O) groups excluding carboxylic acids is 2. The predicted molar refractivity (Wildman–Crippen MR) is 75.8 cm³/mol. The van der Waals surface area contributed by atoms with E-state index in [1.165, 1.54) is 0 Å².